The molecular formula is C15H24Br2N2O. The van der Waals surface area contributed by atoms with Crippen LogP contribution in [0.2, 0.25) is 0 Å². The number of rotatable bonds is 7. The molecule has 0 saturated heterocycles. The van der Waals surface area contributed by atoms with Crippen LogP contribution in [0.4, 0.5) is 0 Å². The Balaban J connectivity index is 2.77. The summed E-state index contributed by atoms with van der Waals surface area (Å²) in [6.45, 7) is 8.80. The molecule has 0 radical (unpaired) electrons. The smallest absolute Gasteiger partial charge is 0.138 e. The van der Waals surface area contributed by atoms with Gasteiger partial charge in [-0.3, -0.25) is 0 Å². The highest BCUT2D eigenvalue weighted by Crippen LogP contribution is 2.33. The molecule has 0 saturated carbocycles. The van der Waals surface area contributed by atoms with E-state index in [1.54, 1.807) is 0 Å². The van der Waals surface area contributed by atoms with E-state index in [1.807, 2.05) is 13.0 Å². The summed E-state index contributed by atoms with van der Waals surface area (Å²) in [6, 6.07) is 4.11. The second-order valence-corrected chi connectivity index (χ2v) is 7.39. The number of hydrogen-bond acceptors (Lipinski definition) is 3. The number of halogens is 2. The Kier molecular flexibility index (Phi) is 6.98. The van der Waals surface area contributed by atoms with Crippen LogP contribution >= 0.6 is 31.9 Å². The van der Waals surface area contributed by atoms with Gasteiger partial charge in [0.2, 0.25) is 0 Å². The van der Waals surface area contributed by atoms with Gasteiger partial charge in [0, 0.05) is 28.7 Å². The number of nitrogens with one attached hydrogen (secondary N) is 1. The van der Waals surface area contributed by atoms with Gasteiger partial charge in [0.1, 0.15) is 5.75 Å². The number of hydrogen-bond donors (Lipinski definition) is 1. The molecule has 114 valence electrons. The van der Waals surface area contributed by atoms with Gasteiger partial charge in [-0.25, -0.2) is 0 Å². The lowest BCUT2D eigenvalue weighted by atomic mass is 10.0. The van der Waals surface area contributed by atoms with Crippen molar-refractivity contribution in [3.63, 3.8) is 0 Å². The average Bonchev–Trinajstić information content (AvgIpc) is 2.33. The van der Waals surface area contributed by atoms with Crippen molar-refractivity contribution < 1.29 is 4.74 Å². The summed E-state index contributed by atoms with van der Waals surface area (Å²) in [4.78, 5) is 2.22. The van der Waals surface area contributed by atoms with Crippen LogP contribution in [0.15, 0.2) is 21.1 Å². The fraction of sp³-hybridized carbons (Fsp3) is 0.600. The van der Waals surface area contributed by atoms with E-state index in [9.17, 15) is 0 Å². The molecule has 0 fully saturated rings. The zero-order valence-electron chi connectivity index (χ0n) is 12.9. The second-order valence-electron chi connectivity index (χ2n) is 5.62. The van der Waals surface area contributed by atoms with Crippen molar-refractivity contribution in [3.05, 3.63) is 26.6 Å². The molecule has 0 unspecified atom stereocenters. The molecule has 1 rings (SSSR count). The van der Waals surface area contributed by atoms with Gasteiger partial charge in [-0.15, -0.1) is 0 Å². The first-order valence-corrected chi connectivity index (χ1v) is 8.35. The molecule has 1 aromatic rings. The van der Waals surface area contributed by atoms with Gasteiger partial charge in [0.25, 0.3) is 0 Å². The van der Waals surface area contributed by atoms with E-state index >= 15 is 0 Å². The van der Waals surface area contributed by atoms with E-state index in [4.69, 9.17) is 4.74 Å². The zero-order chi connectivity index (χ0) is 15.3. The minimum atomic E-state index is 0.120. The van der Waals surface area contributed by atoms with Crippen molar-refractivity contribution in [1.29, 1.82) is 0 Å². The van der Waals surface area contributed by atoms with E-state index in [0.717, 1.165) is 33.3 Å². The van der Waals surface area contributed by atoms with Crippen molar-refractivity contribution in [2.45, 2.75) is 32.9 Å². The topological polar surface area (TPSA) is 24.5 Å². The Labute approximate surface area is 139 Å². The molecule has 1 aromatic carbocycles. The maximum absolute atomic E-state index is 5.73. The third-order valence-corrected chi connectivity index (χ3v) is 4.50. The fourth-order valence-corrected chi connectivity index (χ4v) is 3.14. The monoisotopic (exact) mass is 406 g/mol. The lowest BCUT2D eigenvalue weighted by molar-refractivity contribution is 0.189. The summed E-state index contributed by atoms with van der Waals surface area (Å²) in [6.07, 6.45) is 0. The number of likely N-dealkylation sites (N-methyl/N-ethyl adjacent to an activating group) is 1. The van der Waals surface area contributed by atoms with E-state index in [-0.39, 0.29) is 5.54 Å². The molecule has 0 amide bonds. The Bertz CT molecular complexity index is 448. The van der Waals surface area contributed by atoms with Crippen molar-refractivity contribution in [2.24, 2.45) is 0 Å². The molecule has 5 heteroatoms. The predicted octanol–water partition coefficient (Wildman–Crippen LogP) is 4.04. The minimum Gasteiger partial charge on any atom is -0.492 e. The van der Waals surface area contributed by atoms with Crippen molar-refractivity contribution in [2.75, 3.05) is 27.2 Å². The first kappa shape index (κ1) is 18.0. The first-order chi connectivity index (χ1) is 9.27. The van der Waals surface area contributed by atoms with Crippen LogP contribution in [0.5, 0.6) is 5.75 Å². The van der Waals surface area contributed by atoms with E-state index in [0.29, 0.717) is 6.61 Å². The van der Waals surface area contributed by atoms with Crippen LogP contribution < -0.4 is 10.1 Å². The molecule has 0 heterocycles. The van der Waals surface area contributed by atoms with Crippen LogP contribution in [-0.4, -0.2) is 37.7 Å². The largest absolute Gasteiger partial charge is 0.492 e. The van der Waals surface area contributed by atoms with E-state index in [1.165, 1.54) is 0 Å². The molecule has 0 spiro atoms. The third kappa shape index (κ3) is 5.02. The first-order valence-electron chi connectivity index (χ1n) is 6.76. The Morgan fingerprint density at radius 1 is 1.25 bits per heavy atom. The highest BCUT2D eigenvalue weighted by molar-refractivity contribution is 9.11. The van der Waals surface area contributed by atoms with Crippen molar-refractivity contribution >= 4 is 31.9 Å². The molecule has 3 nitrogen and oxygen atoms in total. The van der Waals surface area contributed by atoms with E-state index < -0.39 is 0 Å². The van der Waals surface area contributed by atoms with Crippen LogP contribution in [0, 0.1) is 0 Å². The number of benzene rings is 1. The summed E-state index contributed by atoms with van der Waals surface area (Å²) in [5.74, 6) is 0.922. The van der Waals surface area contributed by atoms with Gasteiger partial charge < -0.3 is 15.0 Å². The van der Waals surface area contributed by atoms with Crippen LogP contribution in [-0.2, 0) is 6.54 Å². The second kappa shape index (κ2) is 7.78. The van der Waals surface area contributed by atoms with E-state index in [2.05, 4.69) is 76.1 Å². The molecule has 0 aromatic heterocycles. The summed E-state index contributed by atoms with van der Waals surface area (Å²) in [7, 11) is 4.20. The van der Waals surface area contributed by atoms with Gasteiger partial charge in [-0.1, -0.05) is 15.9 Å². The van der Waals surface area contributed by atoms with Crippen molar-refractivity contribution in [1.82, 2.24) is 10.2 Å². The molecule has 0 aliphatic carbocycles. The Morgan fingerprint density at radius 3 is 2.45 bits per heavy atom. The van der Waals surface area contributed by atoms with Gasteiger partial charge in [0.05, 0.1) is 11.1 Å². The lowest BCUT2D eigenvalue weighted by Crippen LogP contribution is -2.46. The lowest BCUT2D eigenvalue weighted by Gasteiger charge is -2.33. The van der Waals surface area contributed by atoms with Crippen molar-refractivity contribution in [3.8, 4) is 5.75 Å². The maximum atomic E-state index is 5.73. The molecular weight excluding hydrogens is 384 g/mol. The summed E-state index contributed by atoms with van der Waals surface area (Å²) < 4.78 is 7.77. The van der Waals surface area contributed by atoms with Gasteiger partial charge in [-0.2, -0.15) is 0 Å². The molecule has 0 aliphatic heterocycles. The molecule has 0 atom stereocenters. The predicted molar refractivity (Wildman–Crippen MR) is 92.5 cm³/mol. The summed E-state index contributed by atoms with van der Waals surface area (Å²) >= 11 is 7.09. The Hall–Kier alpha value is -0.100. The third-order valence-electron chi connectivity index (χ3n) is 3.46. The van der Waals surface area contributed by atoms with Crippen LogP contribution in [0.3, 0.4) is 0 Å². The average molecular weight is 408 g/mol. The fourth-order valence-electron chi connectivity index (χ4n) is 1.71. The number of nitrogens with zero attached hydrogens (tertiary/aromatic N) is 1. The number of ether oxygens (including phenoxy) is 1. The maximum Gasteiger partial charge on any atom is 0.138 e. The SMILES string of the molecule is CCOc1c(Br)cc(Br)cc1CNCC(C)(C)N(C)C. The van der Waals surface area contributed by atoms with Crippen LogP contribution in [0.1, 0.15) is 26.3 Å². The summed E-state index contributed by atoms with van der Waals surface area (Å²) in [5.41, 5.74) is 1.28. The highest BCUT2D eigenvalue weighted by Gasteiger charge is 2.20. The standard InChI is InChI=1S/C15H24Br2N2O/c1-6-20-14-11(7-12(16)8-13(14)17)9-18-10-15(2,3)19(4)5/h7-8,18H,6,9-10H2,1-5H3. The molecule has 0 aliphatic rings. The van der Waals surface area contributed by atoms with Gasteiger partial charge in [0.15, 0.2) is 0 Å². The van der Waals surface area contributed by atoms with Gasteiger partial charge >= 0.3 is 0 Å². The zero-order valence-corrected chi connectivity index (χ0v) is 16.1. The van der Waals surface area contributed by atoms with Crippen LogP contribution in [0.25, 0.3) is 0 Å². The molecule has 0 bridgehead atoms. The normalized spacial score (nSPS) is 12.0. The molecule has 1 N–H and O–H groups in total. The minimum absolute atomic E-state index is 0.120. The quantitative estimate of drug-likeness (QED) is 0.738. The molecule has 20 heavy (non-hydrogen) atoms. The van der Waals surface area contributed by atoms with Gasteiger partial charge in [-0.05, 0) is 62.9 Å². The highest BCUT2D eigenvalue weighted by atomic mass is 79.9. The Morgan fingerprint density at radius 2 is 1.90 bits per heavy atom. The summed E-state index contributed by atoms with van der Waals surface area (Å²) in [5, 5.41) is 3.51.